The number of carbonyl (C=O) groups is 10. The van der Waals surface area contributed by atoms with Gasteiger partial charge >= 0.3 is 11.9 Å². The lowest BCUT2D eigenvalue weighted by molar-refractivity contribution is -0.144. The van der Waals surface area contributed by atoms with Crippen LogP contribution in [0.4, 0.5) is 0 Å². The summed E-state index contributed by atoms with van der Waals surface area (Å²) >= 11 is 0. The van der Waals surface area contributed by atoms with E-state index in [1.807, 2.05) is 67.6 Å². The summed E-state index contributed by atoms with van der Waals surface area (Å²) < 4.78 is 1.51. The van der Waals surface area contributed by atoms with Crippen LogP contribution in [0, 0.1) is 35.0 Å². The van der Waals surface area contributed by atoms with Crippen LogP contribution in [0.1, 0.15) is 167 Å². The highest BCUT2D eigenvalue weighted by Gasteiger charge is 2.37. The van der Waals surface area contributed by atoms with E-state index in [1.54, 1.807) is 27.7 Å². The SMILES string of the molecule is CCC(C)[C@@H](NC(=O)[C@@H](CCCN=C(N)N)NC(=O)[C@@H](CCCCC(=N)N)NC(=O)[C@H](N)Cc1cnnn1CCCC[C@@H](CC(=O)[C@@H](CCCCN)NC(=O)[C@H](CC(=O)[C@H](C)Cc1ccccc1)Cc1ccccc1)C(=O)O)C(=O)N[C@@H](C(=O)N[C@H](CCCCN)C(=O)O)C(C)C. The molecule has 29 heteroatoms. The van der Waals surface area contributed by atoms with Crippen molar-refractivity contribution in [1.82, 2.24) is 46.9 Å². The van der Waals surface area contributed by atoms with Crippen LogP contribution >= 0.6 is 0 Å². The largest absolute Gasteiger partial charge is 0.481 e. The van der Waals surface area contributed by atoms with Gasteiger partial charge in [-0.05, 0) is 126 Å². The highest BCUT2D eigenvalue weighted by atomic mass is 16.4. The van der Waals surface area contributed by atoms with Crippen molar-refractivity contribution < 1.29 is 58.2 Å². The summed E-state index contributed by atoms with van der Waals surface area (Å²) in [4.78, 5) is 141. The average molecular weight is 1360 g/mol. The van der Waals surface area contributed by atoms with Gasteiger partial charge in [-0.2, -0.15) is 0 Å². The zero-order valence-corrected chi connectivity index (χ0v) is 57.2. The van der Waals surface area contributed by atoms with Crippen LogP contribution in [0.2, 0.25) is 0 Å². The van der Waals surface area contributed by atoms with Gasteiger partial charge in [-0.3, -0.25) is 53.6 Å². The lowest BCUT2D eigenvalue weighted by atomic mass is 9.86. The molecular formula is C68H109N17O12. The zero-order chi connectivity index (χ0) is 72.0. The average Bonchev–Trinajstić information content (AvgIpc) is 1.17. The molecule has 3 aromatic rings. The molecule has 1 heterocycles. The van der Waals surface area contributed by atoms with Crippen molar-refractivity contribution in [2.75, 3.05) is 19.6 Å². The molecule has 0 radical (unpaired) electrons. The maximum Gasteiger partial charge on any atom is 0.326 e. The molecule has 3 rings (SSSR count). The first-order chi connectivity index (χ1) is 46.2. The smallest absolute Gasteiger partial charge is 0.326 e. The van der Waals surface area contributed by atoms with Crippen molar-refractivity contribution in [3.8, 4) is 0 Å². The van der Waals surface area contributed by atoms with Gasteiger partial charge in [0.05, 0.1) is 35.7 Å². The number of carboxylic acids is 2. The molecule has 0 bridgehead atoms. The number of ketones is 2. The fraction of sp³-hybridized carbons (Fsp3) is 0.618. The van der Waals surface area contributed by atoms with Gasteiger partial charge < -0.3 is 76.5 Å². The minimum absolute atomic E-state index is 0.0188. The number of unbranched alkanes of at least 4 members (excludes halogenated alkanes) is 4. The van der Waals surface area contributed by atoms with Gasteiger partial charge in [-0.25, -0.2) is 9.48 Å². The minimum atomic E-state index is -1.34. The van der Waals surface area contributed by atoms with Crippen molar-refractivity contribution in [3.63, 3.8) is 0 Å². The Morgan fingerprint density at radius 2 is 1.05 bits per heavy atom. The quantitative estimate of drug-likeness (QED) is 0.0219. The molecule has 97 heavy (non-hydrogen) atoms. The number of carbonyl (C=O) groups excluding carboxylic acids is 8. The maximum atomic E-state index is 14.4. The number of hydrogen-bond donors (Lipinski definition) is 15. The van der Waals surface area contributed by atoms with Crippen LogP contribution in [-0.2, 0) is 73.8 Å². The normalized spacial score (nSPS) is 14.7. The Morgan fingerprint density at radius 3 is 1.62 bits per heavy atom. The third-order valence-electron chi connectivity index (χ3n) is 17.2. The summed E-state index contributed by atoms with van der Waals surface area (Å²) in [6, 6.07) is 10.3. The third-order valence-corrected chi connectivity index (χ3v) is 17.2. The number of amidine groups is 1. The molecule has 11 atom stereocenters. The number of nitrogens with one attached hydrogen (secondary N) is 7. The number of nitrogens with zero attached hydrogens (tertiary/aromatic N) is 4. The number of amides is 6. The van der Waals surface area contributed by atoms with E-state index in [1.165, 1.54) is 10.9 Å². The summed E-state index contributed by atoms with van der Waals surface area (Å²) in [7, 11) is 0. The molecule has 0 aliphatic rings. The fourth-order valence-corrected chi connectivity index (χ4v) is 11.1. The molecule has 1 unspecified atom stereocenters. The van der Waals surface area contributed by atoms with E-state index in [0.29, 0.717) is 83.0 Å². The van der Waals surface area contributed by atoms with Crippen LogP contribution in [0.5, 0.6) is 0 Å². The molecule has 0 spiro atoms. The fourth-order valence-electron chi connectivity index (χ4n) is 11.1. The molecule has 0 aliphatic heterocycles. The summed E-state index contributed by atoms with van der Waals surface area (Å²) in [5.41, 5.74) is 36.9. The zero-order valence-electron chi connectivity index (χ0n) is 57.2. The maximum absolute atomic E-state index is 14.4. The van der Waals surface area contributed by atoms with Crippen molar-refractivity contribution in [3.05, 3.63) is 83.7 Å². The van der Waals surface area contributed by atoms with Crippen LogP contribution in [0.25, 0.3) is 0 Å². The second-order valence-electron chi connectivity index (χ2n) is 25.6. The number of guanidine groups is 1. The number of carboxylic acid groups (broad SMARTS) is 2. The van der Waals surface area contributed by atoms with Gasteiger partial charge in [0.15, 0.2) is 11.7 Å². The number of aromatic nitrogens is 3. The van der Waals surface area contributed by atoms with E-state index < -0.39 is 119 Å². The Kier molecular flexibility index (Phi) is 38.2. The monoisotopic (exact) mass is 1360 g/mol. The van der Waals surface area contributed by atoms with Crippen LogP contribution in [-0.4, -0.2) is 158 Å². The topological polar surface area (TPSA) is 506 Å². The molecule has 538 valence electrons. The Bertz CT molecular complexity index is 3000. The van der Waals surface area contributed by atoms with E-state index in [0.717, 1.165) is 11.1 Å². The van der Waals surface area contributed by atoms with Gasteiger partial charge in [-0.1, -0.05) is 120 Å². The molecule has 21 N–H and O–H groups in total. The van der Waals surface area contributed by atoms with E-state index in [9.17, 15) is 58.2 Å². The summed E-state index contributed by atoms with van der Waals surface area (Å²) in [6.45, 7) is 9.63. The first-order valence-electron chi connectivity index (χ1n) is 34.0. The lowest BCUT2D eigenvalue weighted by Crippen LogP contribution is -2.61. The molecule has 1 aromatic heterocycles. The summed E-state index contributed by atoms with van der Waals surface area (Å²) in [6.07, 6.45) is 6.17. The van der Waals surface area contributed by atoms with Crippen molar-refractivity contribution in [2.24, 2.45) is 69.0 Å². The van der Waals surface area contributed by atoms with E-state index in [2.05, 4.69) is 47.2 Å². The molecule has 0 saturated heterocycles. The first kappa shape index (κ1) is 82.5. The van der Waals surface area contributed by atoms with E-state index in [-0.39, 0.29) is 107 Å². The van der Waals surface area contributed by atoms with Gasteiger partial charge in [0, 0.05) is 50.6 Å². The van der Waals surface area contributed by atoms with Crippen molar-refractivity contribution in [1.29, 1.82) is 5.41 Å². The van der Waals surface area contributed by atoms with Crippen LogP contribution in [0.15, 0.2) is 71.9 Å². The Balaban J connectivity index is 1.76. The minimum Gasteiger partial charge on any atom is -0.481 e. The Morgan fingerprint density at radius 1 is 0.546 bits per heavy atom. The van der Waals surface area contributed by atoms with Gasteiger partial charge in [0.2, 0.25) is 35.4 Å². The number of aliphatic carboxylic acids is 2. The number of hydrogen-bond acceptors (Lipinski definition) is 17. The molecular weight excluding hydrogens is 1250 g/mol. The second kappa shape index (κ2) is 44.9. The molecule has 0 fully saturated rings. The Hall–Kier alpha value is -8.70. The number of aryl methyl sites for hydroxylation is 1. The predicted molar refractivity (Wildman–Crippen MR) is 368 cm³/mol. The first-order valence-corrected chi connectivity index (χ1v) is 34.0. The highest BCUT2D eigenvalue weighted by molar-refractivity contribution is 5.97. The van der Waals surface area contributed by atoms with E-state index in [4.69, 9.17) is 39.8 Å². The number of Topliss-reactive ketones (excluding diaryl/α,β-unsaturated/α-hetero) is 2. The Labute approximate surface area is 569 Å². The summed E-state index contributed by atoms with van der Waals surface area (Å²) in [5.74, 6) is -10.9. The molecule has 0 aliphatic carbocycles. The van der Waals surface area contributed by atoms with Gasteiger partial charge in [0.25, 0.3) is 0 Å². The van der Waals surface area contributed by atoms with Crippen molar-refractivity contribution >= 4 is 70.7 Å². The van der Waals surface area contributed by atoms with Gasteiger partial charge in [0.1, 0.15) is 36.0 Å². The number of aliphatic imine (C=N–C) groups is 1. The number of benzene rings is 2. The second-order valence-corrected chi connectivity index (χ2v) is 25.6. The third kappa shape index (κ3) is 31.4. The standard InChI is InChI=1S/C68H109N17O12/c1-6-43(4)59(65(93)82-58(42(2)3)64(92)81-54(67(96)97)29-16-19-33-70)83-63(91)53(30-21-34-76-68(74)75)80-62(90)52(28-13-14-31-57(72)73)79-61(89)50(71)40-49-41-77-84-85(49)35-20-17-26-47(66(94)95)38-56(87)51(27-15-18-32-69)78-60(88)48(37-46-24-11-8-12-25-46)39-55(86)44(5)36-45-22-9-7-10-23-45/h7-12,22-25,41-44,47-48,50-54,58-59H,6,13-21,26-40,69-71H2,1-5H3,(H3,72,73)(H,78,88)(H,79,89)(H,80,90)(H,81,92)(H,82,93)(H,83,91)(H,94,95)(H,96,97)(H4,74,75,76)/t43?,44-,47+,48+,50-,51-,52-,53-,54-,58-,59-/m1/s1. The highest BCUT2D eigenvalue weighted by Crippen LogP contribution is 2.22. The number of nitrogens with two attached hydrogens (primary N) is 6. The lowest BCUT2D eigenvalue weighted by Gasteiger charge is -2.30. The molecule has 29 nitrogen and oxygen atoms in total. The number of rotatable bonds is 51. The van der Waals surface area contributed by atoms with Crippen LogP contribution < -0.4 is 66.3 Å². The van der Waals surface area contributed by atoms with E-state index >= 15 is 0 Å². The molecule has 6 amide bonds. The molecule has 0 saturated carbocycles. The summed E-state index contributed by atoms with van der Waals surface area (Å²) in [5, 5.41) is 52.5. The van der Waals surface area contributed by atoms with Gasteiger partial charge in [-0.15, -0.1) is 5.10 Å². The predicted octanol–water partition coefficient (Wildman–Crippen LogP) is 2.18. The molecule has 2 aromatic carbocycles. The van der Waals surface area contributed by atoms with Crippen molar-refractivity contribution in [2.45, 2.75) is 218 Å². The van der Waals surface area contributed by atoms with Crippen LogP contribution in [0.3, 0.4) is 0 Å².